The lowest BCUT2D eigenvalue weighted by molar-refractivity contribution is 0.797. The second-order valence-corrected chi connectivity index (χ2v) is 19.2. The largest absolute Gasteiger partial charge is 0.134 e. The van der Waals surface area contributed by atoms with E-state index in [9.17, 15) is 0 Å². The van der Waals surface area contributed by atoms with Gasteiger partial charge in [-0.2, -0.15) is 0 Å². The zero-order chi connectivity index (χ0) is 46.7. The third-order valence-electron chi connectivity index (χ3n) is 13.7. The second kappa shape index (κ2) is 18.9. The second-order valence-electron chi connectivity index (χ2n) is 18.2. The number of benzene rings is 10. The number of rotatable bonds is 5. The Bertz CT molecular complexity index is 3510. The molecule has 0 nitrogen and oxygen atoms in total. The van der Waals surface area contributed by atoms with Crippen molar-refractivity contribution in [2.45, 2.75) is 26.2 Å². The number of aryl methyl sites for hydroxylation is 3. The smallest absolute Gasteiger partial charge is 0.0740 e. The molecule has 0 bridgehead atoms. The molecule has 1 spiro atoms. The van der Waals surface area contributed by atoms with Crippen molar-refractivity contribution in [3.05, 3.63) is 300 Å². The summed E-state index contributed by atoms with van der Waals surface area (Å²) in [7, 11) is 0. The Hall–Kier alpha value is -8.10. The number of hydrogen-bond donors (Lipinski definition) is 0. The van der Waals surface area contributed by atoms with E-state index in [1.54, 1.807) is 0 Å². The summed E-state index contributed by atoms with van der Waals surface area (Å²) in [6, 6.07) is 94.1. The summed E-state index contributed by atoms with van der Waals surface area (Å²) < 4.78 is 0. The van der Waals surface area contributed by atoms with Crippen LogP contribution in [0.25, 0.3) is 76.5 Å². The summed E-state index contributed by atoms with van der Waals surface area (Å²) in [5.74, 6) is 0. The van der Waals surface area contributed by atoms with E-state index >= 15 is 0 Å². The molecule has 0 saturated carbocycles. The molecule has 1 aromatic heterocycles. The molecule has 0 N–H and O–H groups in total. The summed E-state index contributed by atoms with van der Waals surface area (Å²) in [5.41, 5.74) is 24.9. The van der Waals surface area contributed by atoms with Gasteiger partial charge in [0.25, 0.3) is 0 Å². The molecule has 330 valence electrons. The predicted octanol–water partition coefficient (Wildman–Crippen LogP) is 18.7. The first-order valence-electron chi connectivity index (χ1n) is 23.9. The summed E-state index contributed by atoms with van der Waals surface area (Å²) >= 11 is 1.95. The molecule has 2 aliphatic rings. The fourth-order valence-electron chi connectivity index (χ4n) is 10.4. The number of hydrogen-bond acceptors (Lipinski definition) is 1. The van der Waals surface area contributed by atoms with Crippen LogP contribution in [0.3, 0.4) is 0 Å². The monoisotopic (exact) mass is 900 g/mol. The first-order chi connectivity index (χ1) is 34.0. The third kappa shape index (κ3) is 8.16. The van der Waals surface area contributed by atoms with E-state index in [2.05, 4.69) is 269 Å². The highest BCUT2D eigenvalue weighted by Crippen LogP contribution is 2.67. The van der Waals surface area contributed by atoms with Gasteiger partial charge in [0.15, 0.2) is 0 Å². The molecule has 0 saturated heterocycles. The minimum absolute atomic E-state index is 0.333. The quantitative estimate of drug-likeness (QED) is 0.161. The van der Waals surface area contributed by atoms with Gasteiger partial charge in [0, 0.05) is 15.3 Å². The van der Waals surface area contributed by atoms with Crippen molar-refractivity contribution in [3.63, 3.8) is 0 Å². The Balaban J connectivity index is 0.000000135. The maximum Gasteiger partial charge on any atom is 0.0740 e. The fourth-order valence-corrected chi connectivity index (χ4v) is 11.8. The summed E-state index contributed by atoms with van der Waals surface area (Å²) in [5, 5.41) is 0. The molecule has 0 radical (unpaired) electrons. The van der Waals surface area contributed by atoms with Crippen LogP contribution in [0.5, 0.6) is 0 Å². The van der Waals surface area contributed by atoms with Gasteiger partial charge in [0.1, 0.15) is 0 Å². The Morgan fingerprint density at radius 2 is 0.609 bits per heavy atom. The summed E-state index contributed by atoms with van der Waals surface area (Å²) in [6.07, 6.45) is 0. The molecule has 1 atom stereocenters. The van der Waals surface area contributed by atoms with Crippen molar-refractivity contribution >= 4 is 11.3 Å². The van der Waals surface area contributed by atoms with Crippen molar-refractivity contribution in [3.8, 4) is 76.5 Å². The van der Waals surface area contributed by atoms with E-state index in [-0.39, 0.29) is 5.41 Å². The van der Waals surface area contributed by atoms with Crippen LogP contribution in [0, 0.1) is 20.8 Å². The average molecular weight is 901 g/mol. The van der Waals surface area contributed by atoms with Crippen LogP contribution < -0.4 is 0 Å². The molecule has 69 heavy (non-hydrogen) atoms. The highest BCUT2D eigenvalue weighted by molar-refractivity contribution is 7.20. The van der Waals surface area contributed by atoms with Gasteiger partial charge in [-0.25, -0.2) is 0 Å². The predicted molar refractivity (Wildman–Crippen MR) is 295 cm³/mol. The maximum atomic E-state index is 2.39. The van der Waals surface area contributed by atoms with Gasteiger partial charge in [-0.05, 0) is 104 Å². The maximum absolute atomic E-state index is 2.39. The van der Waals surface area contributed by atoms with Crippen LogP contribution in [0.2, 0.25) is 0 Å². The van der Waals surface area contributed by atoms with E-state index in [0.717, 1.165) is 0 Å². The Labute approximate surface area is 411 Å². The van der Waals surface area contributed by atoms with Gasteiger partial charge in [-0.3, -0.25) is 0 Å². The molecule has 0 amide bonds. The van der Waals surface area contributed by atoms with Gasteiger partial charge < -0.3 is 0 Å². The van der Waals surface area contributed by atoms with Crippen LogP contribution in [0.4, 0.5) is 0 Å². The lowest BCUT2D eigenvalue weighted by atomic mass is 9.69. The highest BCUT2D eigenvalue weighted by atomic mass is 32.1. The molecule has 1 heteroatoms. The molecule has 10 aromatic carbocycles. The van der Waals surface area contributed by atoms with Gasteiger partial charge >= 0.3 is 0 Å². The van der Waals surface area contributed by atoms with Crippen molar-refractivity contribution in [1.29, 1.82) is 0 Å². The molecular weight excluding hydrogens is 849 g/mol. The van der Waals surface area contributed by atoms with Gasteiger partial charge in [-0.15, -0.1) is 11.3 Å². The van der Waals surface area contributed by atoms with Crippen LogP contribution in [-0.2, 0) is 5.41 Å². The zero-order valence-corrected chi connectivity index (χ0v) is 40.1. The van der Waals surface area contributed by atoms with E-state index in [0.29, 0.717) is 0 Å². The Kier molecular flexibility index (Phi) is 11.9. The minimum atomic E-state index is -0.333. The van der Waals surface area contributed by atoms with Crippen LogP contribution in [0.1, 0.15) is 38.9 Å². The van der Waals surface area contributed by atoms with E-state index in [1.165, 1.54) is 115 Å². The molecular formula is C68H52S. The SMILES string of the molecule is Cc1ccc(-c2ccc(-c3ccccc3)cc2)cc1.Cc1ccc(-c2ccccc2)cc1.Cc1ccc2c(c1)-c1ccccc1C21c2ccccc2-c2sc(-c3ccccc3)c(-c3ccccc3)c21. The minimum Gasteiger partial charge on any atom is -0.134 e. The normalized spacial score (nSPS) is 13.5. The molecule has 2 aliphatic carbocycles. The van der Waals surface area contributed by atoms with Crippen molar-refractivity contribution < 1.29 is 0 Å². The lowest BCUT2D eigenvalue weighted by Crippen LogP contribution is -2.26. The van der Waals surface area contributed by atoms with Crippen LogP contribution in [0.15, 0.2) is 261 Å². The van der Waals surface area contributed by atoms with Crippen LogP contribution in [-0.4, -0.2) is 0 Å². The summed E-state index contributed by atoms with van der Waals surface area (Å²) in [4.78, 5) is 2.75. The Morgan fingerprint density at radius 1 is 0.261 bits per heavy atom. The summed E-state index contributed by atoms with van der Waals surface area (Å²) in [6.45, 7) is 6.42. The number of fused-ring (bicyclic) bond motifs is 10. The molecule has 0 fully saturated rings. The van der Waals surface area contributed by atoms with E-state index in [1.807, 2.05) is 23.5 Å². The zero-order valence-electron chi connectivity index (χ0n) is 39.2. The topological polar surface area (TPSA) is 0 Å². The van der Waals surface area contributed by atoms with E-state index < -0.39 is 0 Å². The fraction of sp³-hybridized carbons (Fsp3) is 0.0588. The Morgan fingerprint density at radius 3 is 1.10 bits per heavy atom. The van der Waals surface area contributed by atoms with E-state index in [4.69, 9.17) is 0 Å². The van der Waals surface area contributed by atoms with Crippen LogP contribution >= 0.6 is 11.3 Å². The van der Waals surface area contributed by atoms with Gasteiger partial charge in [0.05, 0.1) is 5.41 Å². The first kappa shape index (κ1) is 43.5. The third-order valence-corrected chi connectivity index (χ3v) is 15.0. The molecule has 13 rings (SSSR count). The highest BCUT2D eigenvalue weighted by Gasteiger charge is 2.54. The molecule has 11 aromatic rings. The lowest BCUT2D eigenvalue weighted by Gasteiger charge is -2.31. The van der Waals surface area contributed by atoms with Crippen molar-refractivity contribution in [1.82, 2.24) is 0 Å². The first-order valence-corrected chi connectivity index (χ1v) is 24.7. The van der Waals surface area contributed by atoms with Crippen molar-refractivity contribution in [2.75, 3.05) is 0 Å². The van der Waals surface area contributed by atoms with Gasteiger partial charge in [-0.1, -0.05) is 278 Å². The average Bonchev–Trinajstić information content (AvgIpc) is 4.04. The molecule has 0 aliphatic heterocycles. The van der Waals surface area contributed by atoms with Gasteiger partial charge in [0.2, 0.25) is 0 Å². The standard InChI is InChI=1S/C36H24S.C19H16.C13H12/c1-23-20-21-31-28(22-23)26-16-8-10-18-29(26)36(31)30-19-11-9-17-27(30)35-33(36)32(24-12-4-2-5-13-24)34(37-35)25-14-6-3-7-15-25;1-15-7-9-17(10-8-15)19-13-11-18(12-14-19)16-5-3-2-4-6-16;1-11-7-9-13(10-8-11)12-5-3-2-4-6-12/h2-22H,1H3;2-14H,1H3;2-10H,1H3. The van der Waals surface area contributed by atoms with Crippen molar-refractivity contribution in [2.24, 2.45) is 0 Å². The molecule has 1 heterocycles. The molecule has 1 unspecified atom stereocenters. The number of thiophene rings is 1.